The van der Waals surface area contributed by atoms with Gasteiger partial charge in [-0.15, -0.1) is 0 Å². The van der Waals surface area contributed by atoms with Crippen LogP contribution in [-0.4, -0.2) is 23.1 Å². The third-order valence-corrected chi connectivity index (χ3v) is 4.44. The van der Waals surface area contributed by atoms with Crippen LogP contribution in [0.15, 0.2) is 46.9 Å². The predicted molar refractivity (Wildman–Crippen MR) is 91.6 cm³/mol. The molecule has 1 atom stereocenters. The second-order valence-corrected chi connectivity index (χ2v) is 6.35. The van der Waals surface area contributed by atoms with Gasteiger partial charge in [0.1, 0.15) is 16.9 Å². The third-order valence-electron chi connectivity index (χ3n) is 4.44. The summed E-state index contributed by atoms with van der Waals surface area (Å²) in [6, 6.07) is 11.4. The van der Waals surface area contributed by atoms with E-state index in [-0.39, 0.29) is 11.7 Å². The molecule has 1 aliphatic rings. The molecular formula is C19H17FN2O3. The molecule has 1 amide bonds. The molecule has 2 heterocycles. The Bertz CT molecular complexity index is 927. The molecule has 25 heavy (non-hydrogen) atoms. The molecule has 1 N–H and O–H groups in total. The Hall–Kier alpha value is -2.73. The lowest BCUT2D eigenvalue weighted by molar-refractivity contribution is -0.133. The first-order valence-corrected chi connectivity index (χ1v) is 8.15. The van der Waals surface area contributed by atoms with Gasteiger partial charge in [-0.1, -0.05) is 0 Å². The number of amides is 1. The number of ether oxygens (including phenoxy) is 1. The second-order valence-electron chi connectivity index (χ2n) is 6.35. The zero-order valence-corrected chi connectivity index (χ0v) is 13.7. The Morgan fingerprint density at radius 2 is 2.04 bits per heavy atom. The number of oxazole rings is 1. The molecule has 6 heteroatoms. The van der Waals surface area contributed by atoms with E-state index < -0.39 is 5.60 Å². The summed E-state index contributed by atoms with van der Waals surface area (Å²) in [5, 5.41) is 2.87. The summed E-state index contributed by atoms with van der Waals surface area (Å²) < 4.78 is 24.4. The van der Waals surface area contributed by atoms with Crippen LogP contribution in [0.4, 0.5) is 10.1 Å². The van der Waals surface area contributed by atoms with Gasteiger partial charge in [-0.3, -0.25) is 4.79 Å². The Labute approximate surface area is 143 Å². The van der Waals surface area contributed by atoms with Crippen molar-refractivity contribution in [2.24, 2.45) is 0 Å². The van der Waals surface area contributed by atoms with E-state index in [4.69, 9.17) is 9.15 Å². The fourth-order valence-corrected chi connectivity index (χ4v) is 2.94. The quantitative estimate of drug-likeness (QED) is 0.778. The summed E-state index contributed by atoms with van der Waals surface area (Å²) in [6.45, 7) is 2.42. The first-order chi connectivity index (χ1) is 12.0. The SMILES string of the molecule is CC1(C(=O)Nc2ccc(-c3nc4ccc(F)cc4o3)cc2)CCCO1. The number of anilines is 1. The number of halogens is 1. The first-order valence-electron chi connectivity index (χ1n) is 8.15. The average molecular weight is 340 g/mol. The van der Waals surface area contributed by atoms with Gasteiger partial charge >= 0.3 is 0 Å². The fraction of sp³-hybridized carbons (Fsp3) is 0.263. The van der Waals surface area contributed by atoms with Crippen molar-refractivity contribution in [3.63, 3.8) is 0 Å². The minimum Gasteiger partial charge on any atom is -0.436 e. The molecular weight excluding hydrogens is 323 g/mol. The van der Waals surface area contributed by atoms with Crippen molar-refractivity contribution < 1.29 is 18.3 Å². The molecule has 4 rings (SSSR count). The van der Waals surface area contributed by atoms with Crippen LogP contribution in [-0.2, 0) is 9.53 Å². The van der Waals surface area contributed by atoms with Crippen LogP contribution < -0.4 is 5.32 Å². The van der Waals surface area contributed by atoms with Gasteiger partial charge in [0.2, 0.25) is 5.89 Å². The van der Waals surface area contributed by atoms with Gasteiger partial charge in [0, 0.05) is 23.9 Å². The van der Waals surface area contributed by atoms with E-state index in [1.54, 1.807) is 37.3 Å². The van der Waals surface area contributed by atoms with Crippen LogP contribution in [0.1, 0.15) is 19.8 Å². The number of nitrogens with one attached hydrogen (secondary N) is 1. The van der Waals surface area contributed by atoms with Crippen LogP contribution in [0.2, 0.25) is 0 Å². The molecule has 1 fully saturated rings. The number of carbonyl (C=O) groups is 1. The Morgan fingerprint density at radius 3 is 2.76 bits per heavy atom. The standard InChI is InChI=1S/C19H17FN2O3/c1-19(9-2-10-24-19)18(23)21-14-6-3-12(4-7-14)17-22-15-8-5-13(20)11-16(15)25-17/h3-8,11H,2,9-10H2,1H3,(H,21,23). The van der Waals surface area contributed by atoms with Crippen LogP contribution in [0.25, 0.3) is 22.6 Å². The van der Waals surface area contributed by atoms with Crippen LogP contribution in [0, 0.1) is 5.82 Å². The van der Waals surface area contributed by atoms with Gasteiger partial charge in [-0.2, -0.15) is 0 Å². The fourth-order valence-electron chi connectivity index (χ4n) is 2.94. The highest BCUT2D eigenvalue weighted by atomic mass is 19.1. The number of hydrogen-bond acceptors (Lipinski definition) is 4. The maximum Gasteiger partial charge on any atom is 0.256 e. The van der Waals surface area contributed by atoms with Crippen molar-refractivity contribution in [1.82, 2.24) is 4.98 Å². The van der Waals surface area contributed by atoms with Crippen LogP contribution in [0.5, 0.6) is 0 Å². The summed E-state index contributed by atoms with van der Waals surface area (Å²) in [5.41, 5.74) is 1.66. The maximum atomic E-state index is 13.2. The van der Waals surface area contributed by atoms with Gasteiger partial charge in [0.15, 0.2) is 5.58 Å². The van der Waals surface area contributed by atoms with Gasteiger partial charge in [-0.25, -0.2) is 9.37 Å². The van der Waals surface area contributed by atoms with Crippen molar-refractivity contribution >= 4 is 22.7 Å². The summed E-state index contributed by atoms with van der Waals surface area (Å²) >= 11 is 0. The molecule has 1 aliphatic heterocycles. The molecule has 128 valence electrons. The molecule has 0 saturated carbocycles. The molecule has 1 saturated heterocycles. The first kappa shape index (κ1) is 15.8. The topological polar surface area (TPSA) is 64.4 Å². The lowest BCUT2D eigenvalue weighted by atomic mass is 10.0. The molecule has 0 spiro atoms. The van der Waals surface area contributed by atoms with E-state index in [0.717, 1.165) is 18.4 Å². The average Bonchev–Trinajstić information content (AvgIpc) is 3.22. The van der Waals surface area contributed by atoms with E-state index in [0.29, 0.717) is 29.3 Å². The minimum absolute atomic E-state index is 0.143. The highest BCUT2D eigenvalue weighted by Crippen LogP contribution is 2.28. The Morgan fingerprint density at radius 1 is 1.24 bits per heavy atom. The monoisotopic (exact) mass is 340 g/mol. The lowest BCUT2D eigenvalue weighted by Gasteiger charge is -2.21. The van der Waals surface area contributed by atoms with E-state index in [9.17, 15) is 9.18 Å². The smallest absolute Gasteiger partial charge is 0.256 e. The molecule has 0 aliphatic carbocycles. The van der Waals surface area contributed by atoms with Gasteiger partial charge in [-0.05, 0) is 56.2 Å². The summed E-state index contributed by atoms with van der Waals surface area (Å²) in [7, 11) is 0. The van der Waals surface area contributed by atoms with E-state index in [2.05, 4.69) is 10.3 Å². The highest BCUT2D eigenvalue weighted by molar-refractivity contribution is 5.97. The minimum atomic E-state index is -0.761. The molecule has 3 aromatic rings. The summed E-state index contributed by atoms with van der Waals surface area (Å²) in [5.74, 6) is -0.101. The lowest BCUT2D eigenvalue weighted by Crippen LogP contribution is -2.39. The molecule has 1 aromatic heterocycles. The van der Waals surface area contributed by atoms with Crippen LogP contribution >= 0.6 is 0 Å². The molecule has 2 aromatic carbocycles. The zero-order chi connectivity index (χ0) is 17.4. The largest absolute Gasteiger partial charge is 0.436 e. The Kier molecular flexibility index (Phi) is 3.77. The van der Waals surface area contributed by atoms with Crippen molar-refractivity contribution in [1.29, 1.82) is 0 Å². The van der Waals surface area contributed by atoms with Crippen molar-refractivity contribution in [3.05, 3.63) is 48.3 Å². The normalized spacial score (nSPS) is 20.1. The predicted octanol–water partition coefficient (Wildman–Crippen LogP) is 4.14. The molecule has 1 unspecified atom stereocenters. The number of fused-ring (bicyclic) bond motifs is 1. The maximum absolute atomic E-state index is 13.2. The molecule has 5 nitrogen and oxygen atoms in total. The van der Waals surface area contributed by atoms with Crippen molar-refractivity contribution in [2.45, 2.75) is 25.4 Å². The zero-order valence-electron chi connectivity index (χ0n) is 13.7. The van der Waals surface area contributed by atoms with Gasteiger partial charge in [0.25, 0.3) is 5.91 Å². The number of nitrogens with zero attached hydrogens (tertiary/aromatic N) is 1. The number of benzene rings is 2. The number of rotatable bonds is 3. The number of aromatic nitrogens is 1. The number of carbonyl (C=O) groups excluding carboxylic acids is 1. The van der Waals surface area contributed by atoms with E-state index in [1.807, 2.05) is 0 Å². The van der Waals surface area contributed by atoms with E-state index in [1.165, 1.54) is 12.1 Å². The summed E-state index contributed by atoms with van der Waals surface area (Å²) in [4.78, 5) is 16.7. The van der Waals surface area contributed by atoms with E-state index >= 15 is 0 Å². The number of hydrogen-bond donors (Lipinski definition) is 1. The van der Waals surface area contributed by atoms with Crippen molar-refractivity contribution in [2.75, 3.05) is 11.9 Å². The molecule has 0 bridgehead atoms. The molecule has 0 radical (unpaired) electrons. The Balaban J connectivity index is 1.54. The second kappa shape index (κ2) is 5.97. The van der Waals surface area contributed by atoms with Crippen molar-refractivity contribution in [3.8, 4) is 11.5 Å². The van der Waals surface area contributed by atoms with Gasteiger partial charge < -0.3 is 14.5 Å². The third kappa shape index (κ3) is 3.00. The van der Waals surface area contributed by atoms with Crippen LogP contribution in [0.3, 0.4) is 0 Å². The summed E-state index contributed by atoms with van der Waals surface area (Å²) in [6.07, 6.45) is 1.61. The van der Waals surface area contributed by atoms with Gasteiger partial charge in [0.05, 0.1) is 0 Å². The highest BCUT2D eigenvalue weighted by Gasteiger charge is 2.37.